The van der Waals surface area contributed by atoms with Gasteiger partial charge in [-0.05, 0) is 57.6 Å². The standard InChI is InChI=1S/C54H36N6/c1-5-16-37(17-6-1)38-28-30-40(31-29-38)48-36-49(57-51(56-48)41-20-9-3-10-21-41)45-25-15-24-43(34-45)44-32-33-55-50(35-44)54-59-52(42-22-11-4-12-23-42)58-53(60-54)47-27-14-13-26-46(47)39-18-7-2-8-19-39/h1-36H. The number of rotatable bonds is 9. The van der Waals surface area contributed by atoms with Gasteiger partial charge in [-0.3, -0.25) is 4.98 Å². The predicted octanol–water partition coefficient (Wildman–Crippen LogP) is 13.1. The highest BCUT2D eigenvalue weighted by Gasteiger charge is 2.17. The molecule has 6 heteroatoms. The summed E-state index contributed by atoms with van der Waals surface area (Å²) in [6, 6.07) is 72.2. The minimum atomic E-state index is 0.492. The first kappa shape index (κ1) is 36.1. The molecule has 6 nitrogen and oxygen atoms in total. The molecule has 0 radical (unpaired) electrons. The molecule has 0 spiro atoms. The molecule has 0 bridgehead atoms. The zero-order valence-electron chi connectivity index (χ0n) is 32.5. The summed E-state index contributed by atoms with van der Waals surface area (Å²) in [6.07, 6.45) is 1.82. The molecule has 0 saturated carbocycles. The number of aromatic nitrogens is 6. The Morgan fingerprint density at radius 2 is 0.667 bits per heavy atom. The summed E-state index contributed by atoms with van der Waals surface area (Å²) in [4.78, 5) is 30.1. The third kappa shape index (κ3) is 7.61. The van der Waals surface area contributed by atoms with Gasteiger partial charge >= 0.3 is 0 Å². The van der Waals surface area contributed by atoms with E-state index in [-0.39, 0.29) is 0 Å². The van der Waals surface area contributed by atoms with Crippen LogP contribution in [-0.2, 0) is 0 Å². The van der Waals surface area contributed by atoms with Crippen LogP contribution in [0.15, 0.2) is 219 Å². The molecule has 0 saturated heterocycles. The fourth-order valence-electron chi connectivity index (χ4n) is 7.39. The van der Waals surface area contributed by atoms with Crippen molar-refractivity contribution in [1.82, 2.24) is 29.9 Å². The van der Waals surface area contributed by atoms with E-state index in [1.807, 2.05) is 115 Å². The minimum absolute atomic E-state index is 0.492. The monoisotopic (exact) mass is 768 g/mol. The molecule has 3 heterocycles. The van der Waals surface area contributed by atoms with Crippen molar-refractivity contribution in [2.45, 2.75) is 0 Å². The van der Waals surface area contributed by atoms with E-state index in [1.54, 1.807) is 0 Å². The Hall–Kier alpha value is -8.22. The van der Waals surface area contributed by atoms with Gasteiger partial charge in [0.1, 0.15) is 5.69 Å². The fourth-order valence-corrected chi connectivity index (χ4v) is 7.39. The topological polar surface area (TPSA) is 77.3 Å². The van der Waals surface area contributed by atoms with E-state index in [2.05, 4.69) is 103 Å². The van der Waals surface area contributed by atoms with Crippen LogP contribution < -0.4 is 0 Å². The molecule has 0 aliphatic rings. The van der Waals surface area contributed by atoms with Gasteiger partial charge in [-0.2, -0.15) is 0 Å². The first-order valence-corrected chi connectivity index (χ1v) is 19.9. The van der Waals surface area contributed by atoms with E-state index in [0.29, 0.717) is 29.0 Å². The number of pyridine rings is 1. The molecule has 60 heavy (non-hydrogen) atoms. The van der Waals surface area contributed by atoms with Crippen LogP contribution in [0.1, 0.15) is 0 Å². The van der Waals surface area contributed by atoms with Crippen LogP contribution in [0.4, 0.5) is 0 Å². The van der Waals surface area contributed by atoms with Gasteiger partial charge in [-0.25, -0.2) is 24.9 Å². The van der Waals surface area contributed by atoms with Gasteiger partial charge in [-0.1, -0.05) is 188 Å². The molecular formula is C54H36N6. The number of hydrogen-bond acceptors (Lipinski definition) is 6. The Balaban J connectivity index is 1.04. The van der Waals surface area contributed by atoms with E-state index in [0.717, 1.165) is 67.0 Å². The van der Waals surface area contributed by atoms with Gasteiger partial charge < -0.3 is 0 Å². The van der Waals surface area contributed by atoms with Gasteiger partial charge in [-0.15, -0.1) is 0 Å². The second kappa shape index (κ2) is 16.3. The second-order valence-electron chi connectivity index (χ2n) is 14.4. The Morgan fingerprint density at radius 1 is 0.217 bits per heavy atom. The van der Waals surface area contributed by atoms with Crippen LogP contribution in [0.3, 0.4) is 0 Å². The molecule has 0 unspecified atom stereocenters. The van der Waals surface area contributed by atoms with Crippen LogP contribution in [0.25, 0.3) is 102 Å². The highest BCUT2D eigenvalue weighted by Crippen LogP contribution is 2.35. The lowest BCUT2D eigenvalue weighted by atomic mass is 9.99. The summed E-state index contributed by atoms with van der Waals surface area (Å²) in [5, 5.41) is 0. The molecule has 0 aliphatic carbocycles. The van der Waals surface area contributed by atoms with Gasteiger partial charge in [0.2, 0.25) is 0 Å². The zero-order chi connectivity index (χ0) is 40.1. The fraction of sp³-hybridized carbons (Fsp3) is 0. The Kier molecular flexibility index (Phi) is 9.84. The maximum Gasteiger partial charge on any atom is 0.182 e. The van der Waals surface area contributed by atoms with Crippen LogP contribution in [0.5, 0.6) is 0 Å². The average Bonchev–Trinajstić information content (AvgIpc) is 3.35. The Bertz CT molecular complexity index is 3060. The van der Waals surface area contributed by atoms with Crippen molar-refractivity contribution in [3.05, 3.63) is 219 Å². The van der Waals surface area contributed by atoms with Crippen molar-refractivity contribution in [3.63, 3.8) is 0 Å². The molecule has 10 rings (SSSR count). The number of benzene rings is 7. The van der Waals surface area contributed by atoms with Gasteiger partial charge in [0, 0.05) is 34.0 Å². The summed E-state index contributed by atoms with van der Waals surface area (Å²) in [5.41, 5.74) is 13.5. The highest BCUT2D eigenvalue weighted by atomic mass is 15.0. The maximum atomic E-state index is 5.12. The summed E-state index contributed by atoms with van der Waals surface area (Å²) in [5.74, 6) is 2.32. The van der Waals surface area contributed by atoms with Crippen molar-refractivity contribution in [2.75, 3.05) is 0 Å². The molecule has 10 aromatic rings. The van der Waals surface area contributed by atoms with Crippen molar-refractivity contribution < 1.29 is 0 Å². The third-order valence-corrected chi connectivity index (χ3v) is 10.4. The number of nitrogens with zero attached hydrogens (tertiary/aromatic N) is 6. The quantitative estimate of drug-likeness (QED) is 0.145. The van der Waals surface area contributed by atoms with Crippen molar-refractivity contribution in [3.8, 4) is 102 Å². The molecule has 282 valence electrons. The lowest BCUT2D eigenvalue weighted by molar-refractivity contribution is 1.06. The van der Waals surface area contributed by atoms with Crippen LogP contribution in [-0.4, -0.2) is 29.9 Å². The molecular weight excluding hydrogens is 733 g/mol. The van der Waals surface area contributed by atoms with Crippen LogP contribution in [0, 0.1) is 0 Å². The molecule has 7 aromatic carbocycles. The first-order valence-electron chi connectivity index (χ1n) is 19.9. The molecule has 0 N–H and O–H groups in total. The minimum Gasteiger partial charge on any atom is -0.253 e. The highest BCUT2D eigenvalue weighted by molar-refractivity contribution is 5.82. The van der Waals surface area contributed by atoms with E-state index in [4.69, 9.17) is 29.9 Å². The summed E-state index contributed by atoms with van der Waals surface area (Å²) in [6.45, 7) is 0. The zero-order valence-corrected chi connectivity index (χ0v) is 32.5. The SMILES string of the molecule is c1ccc(-c2ccc(-c3cc(-c4cccc(-c5ccnc(-c6nc(-c7ccccc7)nc(-c7ccccc7-c7ccccc7)n6)c5)c4)nc(-c4ccccc4)n3)cc2)cc1. The second-order valence-corrected chi connectivity index (χ2v) is 14.4. The number of hydrogen-bond donors (Lipinski definition) is 0. The van der Waals surface area contributed by atoms with E-state index in [9.17, 15) is 0 Å². The molecule has 3 aromatic heterocycles. The van der Waals surface area contributed by atoms with E-state index < -0.39 is 0 Å². The molecule has 0 fully saturated rings. The van der Waals surface area contributed by atoms with E-state index >= 15 is 0 Å². The predicted molar refractivity (Wildman–Crippen MR) is 242 cm³/mol. The van der Waals surface area contributed by atoms with Crippen molar-refractivity contribution >= 4 is 0 Å². The summed E-state index contributed by atoms with van der Waals surface area (Å²) < 4.78 is 0. The summed E-state index contributed by atoms with van der Waals surface area (Å²) in [7, 11) is 0. The Morgan fingerprint density at radius 3 is 1.33 bits per heavy atom. The largest absolute Gasteiger partial charge is 0.253 e. The van der Waals surface area contributed by atoms with Gasteiger partial charge in [0.15, 0.2) is 23.3 Å². The lowest BCUT2D eigenvalue weighted by Crippen LogP contribution is -2.02. The van der Waals surface area contributed by atoms with Gasteiger partial charge in [0.05, 0.1) is 11.4 Å². The maximum absolute atomic E-state index is 5.12. The smallest absolute Gasteiger partial charge is 0.182 e. The Labute approximate surface area is 348 Å². The van der Waals surface area contributed by atoms with Gasteiger partial charge in [0.25, 0.3) is 0 Å². The molecule has 0 amide bonds. The third-order valence-electron chi connectivity index (χ3n) is 10.4. The van der Waals surface area contributed by atoms with Crippen molar-refractivity contribution in [1.29, 1.82) is 0 Å². The average molecular weight is 769 g/mol. The lowest BCUT2D eigenvalue weighted by Gasteiger charge is -2.12. The normalized spacial score (nSPS) is 11.0. The molecule has 0 atom stereocenters. The van der Waals surface area contributed by atoms with E-state index in [1.165, 1.54) is 5.56 Å². The van der Waals surface area contributed by atoms with Crippen molar-refractivity contribution in [2.24, 2.45) is 0 Å². The molecule has 0 aliphatic heterocycles. The van der Waals surface area contributed by atoms with Crippen LogP contribution in [0.2, 0.25) is 0 Å². The first-order chi connectivity index (χ1) is 29.7. The van der Waals surface area contributed by atoms with Crippen LogP contribution >= 0.6 is 0 Å². The summed E-state index contributed by atoms with van der Waals surface area (Å²) >= 11 is 0.